The lowest BCUT2D eigenvalue weighted by molar-refractivity contribution is 0.101. The smallest absolute Gasteiger partial charge is 0.164 e. The van der Waals surface area contributed by atoms with Crippen LogP contribution in [0.5, 0.6) is 0 Å². The van der Waals surface area contributed by atoms with E-state index in [9.17, 15) is 4.79 Å². The first-order valence-electron chi connectivity index (χ1n) is 5.54. The predicted octanol–water partition coefficient (Wildman–Crippen LogP) is 3.92. The van der Waals surface area contributed by atoms with Crippen molar-refractivity contribution in [2.24, 2.45) is 0 Å². The van der Waals surface area contributed by atoms with E-state index in [1.54, 1.807) is 6.92 Å². The molecule has 5 heteroatoms. The van der Waals surface area contributed by atoms with Crippen LogP contribution >= 0.6 is 23.1 Å². The number of nitrogens with zero attached hydrogens (tertiary/aromatic N) is 1. The van der Waals surface area contributed by atoms with Gasteiger partial charge in [-0.3, -0.25) is 4.79 Å². The maximum atomic E-state index is 11.5. The van der Waals surface area contributed by atoms with Crippen LogP contribution in [0.4, 0.5) is 5.00 Å². The second-order valence-corrected chi connectivity index (χ2v) is 5.15. The molecule has 0 atom stereocenters. The van der Waals surface area contributed by atoms with Crippen LogP contribution in [0.1, 0.15) is 28.5 Å². The number of aromatic nitrogens is 1. The number of anilines is 1. The lowest BCUT2D eigenvalue weighted by atomic mass is 10.2. The molecule has 0 saturated carbocycles. The number of benzene rings is 1. The molecule has 1 N–H and O–H groups in total. The Bertz CT molecular complexity index is 580. The topological polar surface area (TPSA) is 42.0 Å². The van der Waals surface area contributed by atoms with Gasteiger partial charge >= 0.3 is 0 Å². The molecule has 1 aromatic heterocycles. The Morgan fingerprint density at radius 1 is 1.44 bits per heavy atom. The van der Waals surface area contributed by atoms with Gasteiger partial charge in [-0.25, -0.2) is 0 Å². The molecule has 0 aliphatic heterocycles. The van der Waals surface area contributed by atoms with Crippen LogP contribution < -0.4 is 5.32 Å². The van der Waals surface area contributed by atoms with Gasteiger partial charge in [0.1, 0.15) is 5.00 Å². The first-order valence-corrected chi connectivity index (χ1v) is 6.69. The first kappa shape index (κ1) is 13.1. The van der Waals surface area contributed by atoms with Gasteiger partial charge in [0.2, 0.25) is 0 Å². The van der Waals surface area contributed by atoms with Crippen molar-refractivity contribution in [1.29, 1.82) is 0 Å². The number of hydrogen-bond donors (Lipinski definition) is 1. The van der Waals surface area contributed by atoms with Crippen LogP contribution in [-0.4, -0.2) is 10.2 Å². The van der Waals surface area contributed by atoms with E-state index in [4.69, 9.17) is 11.6 Å². The highest BCUT2D eigenvalue weighted by atomic mass is 35.5. The third-order valence-electron chi connectivity index (χ3n) is 2.61. The van der Waals surface area contributed by atoms with E-state index in [-0.39, 0.29) is 5.78 Å². The number of rotatable bonds is 4. The number of ketones is 1. The van der Waals surface area contributed by atoms with Gasteiger partial charge in [0.05, 0.1) is 11.3 Å². The molecule has 0 unspecified atom stereocenters. The molecule has 0 bridgehead atoms. The monoisotopic (exact) mass is 280 g/mol. The second kappa shape index (κ2) is 5.50. The van der Waals surface area contributed by atoms with Crippen LogP contribution in [-0.2, 0) is 6.54 Å². The van der Waals surface area contributed by atoms with Crippen molar-refractivity contribution in [1.82, 2.24) is 4.37 Å². The summed E-state index contributed by atoms with van der Waals surface area (Å²) in [6.07, 6.45) is 0. The average molecular weight is 281 g/mol. The van der Waals surface area contributed by atoms with E-state index in [0.29, 0.717) is 12.1 Å². The second-order valence-electron chi connectivity index (χ2n) is 3.97. The summed E-state index contributed by atoms with van der Waals surface area (Å²) in [7, 11) is 0. The Balaban J connectivity index is 2.16. The van der Waals surface area contributed by atoms with E-state index < -0.39 is 0 Å². The van der Waals surface area contributed by atoms with Crippen molar-refractivity contribution in [2.45, 2.75) is 20.4 Å². The quantitative estimate of drug-likeness (QED) is 0.863. The summed E-state index contributed by atoms with van der Waals surface area (Å²) in [5.41, 5.74) is 2.45. The molecule has 0 aliphatic rings. The summed E-state index contributed by atoms with van der Waals surface area (Å²) in [5, 5.41) is 4.75. The summed E-state index contributed by atoms with van der Waals surface area (Å²) in [6, 6.07) is 7.63. The van der Waals surface area contributed by atoms with E-state index in [2.05, 4.69) is 9.69 Å². The summed E-state index contributed by atoms with van der Waals surface area (Å²) in [6.45, 7) is 3.98. The molecule has 0 saturated heterocycles. The number of carbonyl (C=O) groups excluding carboxylic acids is 1. The van der Waals surface area contributed by atoms with Gasteiger partial charge in [-0.2, -0.15) is 4.37 Å². The highest BCUT2D eigenvalue weighted by Crippen LogP contribution is 2.26. The molecule has 2 aromatic rings. The lowest BCUT2D eigenvalue weighted by Gasteiger charge is -2.07. The van der Waals surface area contributed by atoms with Crippen LogP contribution in [0.2, 0.25) is 5.02 Å². The van der Waals surface area contributed by atoms with Crippen LogP contribution in [0, 0.1) is 6.92 Å². The van der Waals surface area contributed by atoms with Crippen LogP contribution in [0.15, 0.2) is 24.3 Å². The van der Waals surface area contributed by atoms with Gasteiger partial charge in [0.15, 0.2) is 5.78 Å². The Morgan fingerprint density at radius 2 is 2.17 bits per heavy atom. The standard InChI is InChI=1S/C13H13ClN2OS/c1-8-12(9(2)17)13(18-16-8)15-7-10-5-3-4-6-11(10)14/h3-6,15H,7H2,1-2H3. The first-order chi connectivity index (χ1) is 8.59. The van der Waals surface area contributed by atoms with Crippen molar-refractivity contribution in [2.75, 3.05) is 5.32 Å². The molecule has 0 radical (unpaired) electrons. The largest absolute Gasteiger partial charge is 0.371 e. The predicted molar refractivity (Wildman–Crippen MR) is 75.6 cm³/mol. The fourth-order valence-electron chi connectivity index (χ4n) is 1.72. The highest BCUT2D eigenvalue weighted by Gasteiger charge is 2.14. The van der Waals surface area contributed by atoms with Gasteiger partial charge in [-0.15, -0.1) is 0 Å². The Kier molecular flexibility index (Phi) is 3.99. The molecule has 3 nitrogen and oxygen atoms in total. The third-order valence-corrected chi connectivity index (χ3v) is 3.88. The molecule has 0 aliphatic carbocycles. The minimum absolute atomic E-state index is 0.0305. The number of hydrogen-bond acceptors (Lipinski definition) is 4. The summed E-state index contributed by atoms with van der Waals surface area (Å²) in [5.74, 6) is 0.0305. The lowest BCUT2D eigenvalue weighted by Crippen LogP contribution is -2.03. The van der Waals surface area contributed by atoms with E-state index in [0.717, 1.165) is 21.3 Å². The molecule has 1 heterocycles. The number of halogens is 1. The van der Waals surface area contributed by atoms with Gasteiger partial charge < -0.3 is 5.32 Å². The normalized spacial score (nSPS) is 10.4. The van der Waals surface area contributed by atoms with Crippen LogP contribution in [0.25, 0.3) is 0 Å². The minimum atomic E-state index is 0.0305. The third kappa shape index (κ3) is 2.71. The molecule has 94 valence electrons. The van der Waals surface area contributed by atoms with Crippen molar-refractivity contribution in [3.8, 4) is 0 Å². The van der Waals surface area contributed by atoms with Gasteiger partial charge in [0, 0.05) is 11.6 Å². The number of carbonyl (C=O) groups is 1. The van der Waals surface area contributed by atoms with Crippen molar-refractivity contribution in [3.05, 3.63) is 46.1 Å². The average Bonchev–Trinajstić information content (AvgIpc) is 2.69. The van der Waals surface area contributed by atoms with E-state index >= 15 is 0 Å². The maximum Gasteiger partial charge on any atom is 0.164 e. The minimum Gasteiger partial charge on any atom is -0.371 e. The number of nitrogens with one attached hydrogen (secondary N) is 1. The Labute approximate surface area is 115 Å². The van der Waals surface area contributed by atoms with Crippen LogP contribution in [0.3, 0.4) is 0 Å². The molecule has 18 heavy (non-hydrogen) atoms. The van der Waals surface area contributed by atoms with E-state index in [1.165, 1.54) is 11.5 Å². The fourth-order valence-corrected chi connectivity index (χ4v) is 2.76. The molecule has 0 fully saturated rings. The molecule has 1 aromatic carbocycles. The number of aryl methyl sites for hydroxylation is 1. The molecular formula is C13H13ClN2OS. The molecule has 0 spiro atoms. The fraction of sp³-hybridized carbons (Fsp3) is 0.231. The summed E-state index contributed by atoms with van der Waals surface area (Å²) in [4.78, 5) is 11.5. The molecule has 0 amide bonds. The Hall–Kier alpha value is -1.39. The van der Waals surface area contributed by atoms with Crippen molar-refractivity contribution >= 4 is 33.9 Å². The van der Waals surface area contributed by atoms with Crippen molar-refractivity contribution in [3.63, 3.8) is 0 Å². The van der Waals surface area contributed by atoms with E-state index in [1.807, 2.05) is 31.2 Å². The van der Waals surface area contributed by atoms with Gasteiger partial charge in [-0.1, -0.05) is 29.8 Å². The maximum absolute atomic E-state index is 11.5. The SMILES string of the molecule is CC(=O)c1c(C)nsc1NCc1ccccc1Cl. The summed E-state index contributed by atoms with van der Waals surface area (Å²) < 4.78 is 4.20. The highest BCUT2D eigenvalue weighted by molar-refractivity contribution is 7.10. The molecule has 2 rings (SSSR count). The van der Waals surface area contributed by atoms with Gasteiger partial charge in [0.25, 0.3) is 0 Å². The molecular weight excluding hydrogens is 268 g/mol. The zero-order valence-electron chi connectivity index (χ0n) is 10.2. The van der Waals surface area contributed by atoms with Crippen molar-refractivity contribution < 1.29 is 4.79 Å². The Morgan fingerprint density at radius 3 is 2.83 bits per heavy atom. The van der Waals surface area contributed by atoms with Gasteiger partial charge in [-0.05, 0) is 37.0 Å². The number of Topliss-reactive ketones (excluding diaryl/α,β-unsaturated/α-hetero) is 1. The summed E-state index contributed by atoms with van der Waals surface area (Å²) >= 11 is 7.38. The zero-order chi connectivity index (χ0) is 13.1. The zero-order valence-corrected chi connectivity index (χ0v) is 11.7.